The van der Waals surface area contributed by atoms with E-state index in [1.807, 2.05) is 12.3 Å². The van der Waals surface area contributed by atoms with Gasteiger partial charge in [-0.1, -0.05) is 19.9 Å². The summed E-state index contributed by atoms with van der Waals surface area (Å²) in [5.41, 5.74) is 2.26. The summed E-state index contributed by atoms with van der Waals surface area (Å²) in [5.74, 6) is 1.31. The number of carbonyl (C=O) groups is 1. The molecule has 0 amide bonds. The fourth-order valence-corrected chi connectivity index (χ4v) is 5.01. The van der Waals surface area contributed by atoms with Crippen LogP contribution in [0.2, 0.25) is 0 Å². The predicted molar refractivity (Wildman–Crippen MR) is 137 cm³/mol. The number of halogens is 1. The third-order valence-corrected chi connectivity index (χ3v) is 6.98. The molecule has 1 aromatic carbocycles. The number of aliphatic hydroxyl groups excluding tert-OH is 1. The van der Waals surface area contributed by atoms with Gasteiger partial charge in [0.25, 0.3) is 0 Å². The lowest BCUT2D eigenvalue weighted by atomic mass is 9.92. The van der Waals surface area contributed by atoms with Crippen molar-refractivity contribution >= 4 is 40.0 Å². The maximum Gasteiger partial charge on any atom is 0.303 e. The van der Waals surface area contributed by atoms with Crippen LogP contribution in [-0.4, -0.2) is 69.6 Å². The molecule has 2 aliphatic rings. The Morgan fingerprint density at radius 3 is 2.67 bits per heavy atom. The second-order valence-corrected chi connectivity index (χ2v) is 10.00. The van der Waals surface area contributed by atoms with Crippen LogP contribution < -0.4 is 15.1 Å². The number of aromatic nitrogens is 3. The van der Waals surface area contributed by atoms with Crippen LogP contribution in [0.25, 0.3) is 10.8 Å². The summed E-state index contributed by atoms with van der Waals surface area (Å²) < 4.78 is 14.0. The van der Waals surface area contributed by atoms with Crippen molar-refractivity contribution in [3.8, 4) is 0 Å². The van der Waals surface area contributed by atoms with Gasteiger partial charge in [0, 0.05) is 49.0 Å². The molecule has 0 spiro atoms. The summed E-state index contributed by atoms with van der Waals surface area (Å²) in [5, 5.41) is 24.1. The van der Waals surface area contributed by atoms with Crippen molar-refractivity contribution in [2.45, 2.75) is 44.9 Å². The average Bonchev–Trinajstić information content (AvgIpc) is 2.82. The van der Waals surface area contributed by atoms with Gasteiger partial charge in [0.15, 0.2) is 0 Å². The standard InChI is InChI=1S/C26H31FN6O3/c1-15(2)17-3-4-21(33-12-16(13-33)9-25(35)36)19-11-29-24(10-18(17)19)30-23-5-7-28-26(31-23)32-8-6-22(34)20(27)14-32/h3-5,7,10-11,15-16,20,22,34H,6,8-9,12-14H2,1-2H3,(H,35,36)(H,28,29,30,31). The molecule has 9 nitrogen and oxygen atoms in total. The van der Waals surface area contributed by atoms with Crippen LogP contribution in [0.15, 0.2) is 36.7 Å². The smallest absolute Gasteiger partial charge is 0.303 e. The molecule has 5 rings (SSSR count). The first-order chi connectivity index (χ1) is 17.3. The topological polar surface area (TPSA) is 115 Å². The van der Waals surface area contributed by atoms with E-state index in [1.54, 1.807) is 17.2 Å². The highest BCUT2D eigenvalue weighted by Crippen LogP contribution is 2.37. The average molecular weight is 495 g/mol. The van der Waals surface area contributed by atoms with E-state index in [9.17, 15) is 14.3 Å². The van der Waals surface area contributed by atoms with E-state index >= 15 is 0 Å². The SMILES string of the molecule is CC(C)c1ccc(N2CC(CC(=O)O)C2)c2cnc(Nc3ccnc(N4CCC(O)C(F)C4)n3)cc12. The minimum absolute atomic E-state index is 0.0587. The molecule has 4 heterocycles. The van der Waals surface area contributed by atoms with Crippen molar-refractivity contribution < 1.29 is 19.4 Å². The number of pyridine rings is 1. The Balaban J connectivity index is 1.39. The Kier molecular flexibility index (Phi) is 6.61. The number of aliphatic hydroxyl groups is 1. The summed E-state index contributed by atoms with van der Waals surface area (Å²) in [6, 6.07) is 7.99. The van der Waals surface area contributed by atoms with Crippen molar-refractivity contribution in [2.24, 2.45) is 5.92 Å². The Bertz CT molecular complexity index is 1270. The Morgan fingerprint density at radius 1 is 1.14 bits per heavy atom. The highest BCUT2D eigenvalue weighted by atomic mass is 19.1. The van der Waals surface area contributed by atoms with Gasteiger partial charge in [0.1, 0.15) is 17.8 Å². The molecule has 3 N–H and O–H groups in total. The summed E-state index contributed by atoms with van der Waals surface area (Å²) in [7, 11) is 0. The van der Waals surface area contributed by atoms with Crippen molar-refractivity contribution in [3.05, 3.63) is 42.2 Å². The first kappa shape index (κ1) is 24.2. The van der Waals surface area contributed by atoms with E-state index in [0.29, 0.717) is 36.5 Å². The minimum atomic E-state index is -1.32. The zero-order chi connectivity index (χ0) is 25.4. The van der Waals surface area contributed by atoms with Crippen LogP contribution >= 0.6 is 0 Å². The van der Waals surface area contributed by atoms with Crippen LogP contribution in [0.4, 0.5) is 27.7 Å². The fraction of sp³-hybridized carbons (Fsp3) is 0.462. The molecule has 10 heteroatoms. The zero-order valence-electron chi connectivity index (χ0n) is 20.4. The van der Waals surface area contributed by atoms with Crippen LogP contribution in [0.1, 0.15) is 38.2 Å². The molecular weight excluding hydrogens is 463 g/mol. The van der Waals surface area contributed by atoms with Gasteiger partial charge in [-0.15, -0.1) is 0 Å². The number of fused-ring (bicyclic) bond motifs is 1. The molecule has 2 atom stereocenters. The molecule has 36 heavy (non-hydrogen) atoms. The molecule has 0 bridgehead atoms. The normalized spacial score (nSPS) is 20.6. The highest BCUT2D eigenvalue weighted by molar-refractivity contribution is 5.98. The molecule has 2 aliphatic heterocycles. The molecular formula is C26H31FN6O3. The second kappa shape index (κ2) is 9.85. The summed E-state index contributed by atoms with van der Waals surface area (Å²) in [6.07, 6.45) is 1.74. The van der Waals surface area contributed by atoms with E-state index in [-0.39, 0.29) is 18.9 Å². The molecule has 2 saturated heterocycles. The largest absolute Gasteiger partial charge is 0.481 e. The van der Waals surface area contributed by atoms with Gasteiger partial charge in [0.05, 0.1) is 19.1 Å². The van der Waals surface area contributed by atoms with Gasteiger partial charge in [-0.25, -0.2) is 14.4 Å². The first-order valence-electron chi connectivity index (χ1n) is 12.3. The van der Waals surface area contributed by atoms with Gasteiger partial charge in [-0.3, -0.25) is 4.79 Å². The summed E-state index contributed by atoms with van der Waals surface area (Å²) >= 11 is 0. The molecule has 0 saturated carbocycles. The minimum Gasteiger partial charge on any atom is -0.481 e. The lowest BCUT2D eigenvalue weighted by molar-refractivity contribution is -0.138. The number of carboxylic acid groups (broad SMARTS) is 1. The monoisotopic (exact) mass is 494 g/mol. The number of nitrogens with zero attached hydrogens (tertiary/aromatic N) is 5. The van der Waals surface area contributed by atoms with Gasteiger partial charge in [-0.2, -0.15) is 4.98 Å². The number of aliphatic carboxylic acids is 1. The summed E-state index contributed by atoms with van der Waals surface area (Å²) in [4.78, 5) is 28.4. The highest BCUT2D eigenvalue weighted by Gasteiger charge is 2.30. The van der Waals surface area contributed by atoms with Crippen LogP contribution in [-0.2, 0) is 4.79 Å². The lowest BCUT2D eigenvalue weighted by Gasteiger charge is -2.41. The quantitative estimate of drug-likeness (QED) is 0.452. The van der Waals surface area contributed by atoms with Crippen LogP contribution in [0.3, 0.4) is 0 Å². The zero-order valence-corrected chi connectivity index (χ0v) is 20.4. The number of anilines is 4. The summed E-state index contributed by atoms with van der Waals surface area (Å²) in [6.45, 7) is 6.30. The number of hydrogen-bond donors (Lipinski definition) is 3. The Hall–Kier alpha value is -3.53. The molecule has 2 aromatic heterocycles. The predicted octanol–water partition coefficient (Wildman–Crippen LogP) is 3.71. The van der Waals surface area contributed by atoms with Crippen molar-refractivity contribution in [1.29, 1.82) is 0 Å². The fourth-order valence-electron chi connectivity index (χ4n) is 5.01. The maximum absolute atomic E-state index is 14.0. The number of hydrogen-bond acceptors (Lipinski definition) is 8. The van der Waals surface area contributed by atoms with Crippen molar-refractivity contribution in [3.63, 3.8) is 0 Å². The van der Waals surface area contributed by atoms with E-state index in [0.717, 1.165) is 29.5 Å². The van der Waals surface area contributed by atoms with Gasteiger partial charge in [-0.05, 0) is 41.5 Å². The van der Waals surface area contributed by atoms with Crippen molar-refractivity contribution in [2.75, 3.05) is 41.3 Å². The third kappa shape index (κ3) is 4.90. The number of nitrogens with one attached hydrogen (secondary N) is 1. The van der Waals surface area contributed by atoms with Gasteiger partial charge in [0.2, 0.25) is 5.95 Å². The Labute approximate surface area is 209 Å². The van der Waals surface area contributed by atoms with Crippen LogP contribution in [0, 0.1) is 5.92 Å². The van der Waals surface area contributed by atoms with E-state index < -0.39 is 18.2 Å². The van der Waals surface area contributed by atoms with E-state index in [4.69, 9.17) is 5.11 Å². The number of benzene rings is 1. The number of rotatable bonds is 7. The van der Waals surface area contributed by atoms with Gasteiger partial charge >= 0.3 is 5.97 Å². The first-order valence-corrected chi connectivity index (χ1v) is 12.3. The third-order valence-electron chi connectivity index (χ3n) is 6.98. The Morgan fingerprint density at radius 2 is 1.94 bits per heavy atom. The maximum atomic E-state index is 14.0. The van der Waals surface area contributed by atoms with Crippen LogP contribution in [0.5, 0.6) is 0 Å². The number of carboxylic acids is 1. The van der Waals surface area contributed by atoms with E-state index in [1.165, 1.54) is 5.56 Å². The lowest BCUT2D eigenvalue weighted by Crippen LogP contribution is -2.47. The molecule has 0 radical (unpaired) electrons. The van der Waals surface area contributed by atoms with E-state index in [2.05, 4.69) is 51.1 Å². The molecule has 2 unspecified atom stereocenters. The van der Waals surface area contributed by atoms with Gasteiger partial charge < -0.3 is 25.3 Å². The second-order valence-electron chi connectivity index (χ2n) is 10.00. The number of alkyl halides is 1. The molecule has 2 fully saturated rings. The molecule has 0 aliphatic carbocycles. The number of piperidine rings is 1. The van der Waals surface area contributed by atoms with Crippen molar-refractivity contribution in [1.82, 2.24) is 15.0 Å². The molecule has 190 valence electrons. The molecule has 3 aromatic rings.